The van der Waals surface area contributed by atoms with Crippen molar-refractivity contribution in [2.45, 2.75) is 78.2 Å². The second kappa shape index (κ2) is 12.6. The Hall–Kier alpha value is -3.08. The molecule has 8 heteroatoms. The minimum atomic E-state index is -0.979. The third kappa shape index (κ3) is 10.5. The average Bonchev–Trinajstić information content (AvgIpc) is 2.69. The highest BCUT2D eigenvalue weighted by Crippen LogP contribution is 2.15. The van der Waals surface area contributed by atoms with E-state index in [1.807, 2.05) is 43.3 Å². The van der Waals surface area contributed by atoms with Gasteiger partial charge in [-0.3, -0.25) is 4.79 Å². The molecule has 0 saturated carbocycles. The minimum absolute atomic E-state index is 0.0859. The van der Waals surface area contributed by atoms with Gasteiger partial charge in [0.1, 0.15) is 24.4 Å². The number of nitrogens with zero attached hydrogens (tertiary/aromatic N) is 1. The number of esters is 2. The Bertz CT molecular complexity index is 767. The molecular formula is C23H32N2O6. The molecule has 8 nitrogen and oxygen atoms in total. The molecule has 0 aliphatic heterocycles. The first-order valence-electron chi connectivity index (χ1n) is 10.3. The summed E-state index contributed by atoms with van der Waals surface area (Å²) in [6.45, 7) is 8.89. The van der Waals surface area contributed by atoms with Crippen molar-refractivity contribution in [3.05, 3.63) is 35.9 Å². The molecule has 0 spiro atoms. The summed E-state index contributed by atoms with van der Waals surface area (Å²) in [6.07, 6.45) is -1.56. The third-order valence-electron chi connectivity index (χ3n) is 4.38. The first-order valence-corrected chi connectivity index (χ1v) is 10.3. The van der Waals surface area contributed by atoms with Crippen LogP contribution in [0, 0.1) is 17.2 Å². The molecule has 1 amide bonds. The van der Waals surface area contributed by atoms with Gasteiger partial charge in [-0.2, -0.15) is 5.26 Å². The van der Waals surface area contributed by atoms with Gasteiger partial charge < -0.3 is 19.5 Å². The molecule has 3 atom stereocenters. The van der Waals surface area contributed by atoms with Crippen molar-refractivity contribution in [3.8, 4) is 6.07 Å². The maximum atomic E-state index is 12.7. The Morgan fingerprint density at radius 2 is 1.81 bits per heavy atom. The number of rotatable bonds is 10. The van der Waals surface area contributed by atoms with Crippen molar-refractivity contribution < 1.29 is 28.6 Å². The van der Waals surface area contributed by atoms with Crippen molar-refractivity contribution in [2.24, 2.45) is 5.92 Å². The number of nitriles is 1. The fourth-order valence-corrected chi connectivity index (χ4v) is 2.58. The monoisotopic (exact) mass is 432 g/mol. The lowest BCUT2D eigenvalue weighted by Crippen LogP contribution is -2.48. The van der Waals surface area contributed by atoms with E-state index in [2.05, 4.69) is 5.32 Å². The number of nitrogens with one attached hydrogen (secondary N) is 1. The summed E-state index contributed by atoms with van der Waals surface area (Å²) >= 11 is 0. The SMILES string of the molecule is CC[C@H](C)[C@@H](NC(=O)OC(C)(C)C)C(=O)O[C@H](CC#N)CC(=O)OCc1ccccc1. The van der Waals surface area contributed by atoms with Gasteiger partial charge in [-0.15, -0.1) is 0 Å². The van der Waals surface area contributed by atoms with Crippen LogP contribution in [0.4, 0.5) is 4.79 Å². The molecule has 0 radical (unpaired) electrons. The van der Waals surface area contributed by atoms with Crippen molar-refractivity contribution in [1.82, 2.24) is 5.32 Å². The van der Waals surface area contributed by atoms with Gasteiger partial charge >= 0.3 is 18.0 Å². The van der Waals surface area contributed by atoms with Crippen LogP contribution in [-0.4, -0.2) is 35.8 Å². The molecule has 0 aliphatic rings. The minimum Gasteiger partial charge on any atom is -0.461 e. The van der Waals surface area contributed by atoms with Crippen LogP contribution in [0.2, 0.25) is 0 Å². The quantitative estimate of drug-likeness (QED) is 0.440. The molecule has 0 fully saturated rings. The van der Waals surface area contributed by atoms with Crippen LogP contribution in [0.1, 0.15) is 59.4 Å². The van der Waals surface area contributed by atoms with E-state index in [1.165, 1.54) is 0 Å². The summed E-state index contributed by atoms with van der Waals surface area (Å²) in [5.74, 6) is -1.55. The van der Waals surface area contributed by atoms with Gasteiger partial charge in [0.15, 0.2) is 0 Å². The highest BCUT2D eigenvalue weighted by molar-refractivity contribution is 5.82. The Morgan fingerprint density at radius 1 is 1.16 bits per heavy atom. The van der Waals surface area contributed by atoms with Gasteiger partial charge in [0.25, 0.3) is 0 Å². The van der Waals surface area contributed by atoms with E-state index in [1.54, 1.807) is 27.7 Å². The van der Waals surface area contributed by atoms with Gasteiger partial charge in [0, 0.05) is 0 Å². The van der Waals surface area contributed by atoms with E-state index in [4.69, 9.17) is 19.5 Å². The summed E-state index contributed by atoms with van der Waals surface area (Å²) < 4.78 is 15.8. The number of benzene rings is 1. The van der Waals surface area contributed by atoms with Gasteiger partial charge in [0.2, 0.25) is 0 Å². The summed E-state index contributed by atoms with van der Waals surface area (Å²) in [5, 5.41) is 11.6. The lowest BCUT2D eigenvalue weighted by molar-refractivity contribution is -0.158. The second-order valence-electron chi connectivity index (χ2n) is 8.28. The zero-order valence-electron chi connectivity index (χ0n) is 18.8. The number of amides is 1. The zero-order valence-corrected chi connectivity index (χ0v) is 18.8. The Labute approximate surface area is 183 Å². The van der Waals surface area contributed by atoms with E-state index < -0.39 is 35.8 Å². The lowest BCUT2D eigenvalue weighted by Gasteiger charge is -2.27. The standard InChI is InChI=1S/C23H32N2O6/c1-6-16(2)20(25-22(28)31-23(3,4)5)21(27)30-18(12-13-24)14-19(26)29-15-17-10-8-7-9-11-17/h7-11,16,18,20H,6,12,14-15H2,1-5H3,(H,25,28)/t16-,18+,20+/m0/s1. The van der Waals surface area contributed by atoms with E-state index in [-0.39, 0.29) is 25.4 Å². The summed E-state index contributed by atoms with van der Waals surface area (Å²) in [5.41, 5.74) is 0.0999. The first-order chi connectivity index (χ1) is 14.6. The van der Waals surface area contributed by atoms with E-state index in [9.17, 15) is 14.4 Å². The topological polar surface area (TPSA) is 115 Å². The number of hydrogen-bond donors (Lipinski definition) is 1. The predicted octanol–water partition coefficient (Wildman–Crippen LogP) is 3.88. The van der Waals surface area contributed by atoms with Gasteiger partial charge in [-0.25, -0.2) is 9.59 Å². The zero-order chi connectivity index (χ0) is 23.4. The van der Waals surface area contributed by atoms with Gasteiger partial charge in [0.05, 0.1) is 18.9 Å². The number of ether oxygens (including phenoxy) is 3. The molecule has 0 aromatic heterocycles. The van der Waals surface area contributed by atoms with Gasteiger partial charge in [-0.1, -0.05) is 50.6 Å². The van der Waals surface area contributed by atoms with Crippen LogP contribution >= 0.6 is 0 Å². The fraction of sp³-hybridized carbons (Fsp3) is 0.565. The fourth-order valence-electron chi connectivity index (χ4n) is 2.58. The molecule has 1 N–H and O–H groups in total. The molecule has 1 rings (SSSR count). The normalized spacial score (nSPS) is 13.8. The third-order valence-corrected chi connectivity index (χ3v) is 4.38. The van der Waals surface area contributed by atoms with Crippen molar-refractivity contribution in [1.29, 1.82) is 5.26 Å². The van der Waals surface area contributed by atoms with Crippen molar-refractivity contribution >= 4 is 18.0 Å². The molecular weight excluding hydrogens is 400 g/mol. The second-order valence-corrected chi connectivity index (χ2v) is 8.28. The number of carbonyl (C=O) groups is 3. The molecule has 170 valence electrons. The predicted molar refractivity (Wildman–Crippen MR) is 114 cm³/mol. The van der Waals surface area contributed by atoms with E-state index in [0.717, 1.165) is 5.56 Å². The van der Waals surface area contributed by atoms with E-state index >= 15 is 0 Å². The molecule has 0 unspecified atom stereocenters. The Morgan fingerprint density at radius 3 is 2.35 bits per heavy atom. The summed E-state index contributed by atoms with van der Waals surface area (Å²) in [7, 11) is 0. The summed E-state index contributed by atoms with van der Waals surface area (Å²) in [6, 6.07) is 10.1. The van der Waals surface area contributed by atoms with Crippen molar-refractivity contribution in [2.75, 3.05) is 0 Å². The first kappa shape index (κ1) is 26.0. The van der Waals surface area contributed by atoms with Crippen LogP contribution in [0.5, 0.6) is 0 Å². The van der Waals surface area contributed by atoms with Crippen LogP contribution in [0.25, 0.3) is 0 Å². The van der Waals surface area contributed by atoms with Crippen LogP contribution < -0.4 is 5.32 Å². The molecule has 0 bridgehead atoms. The Balaban J connectivity index is 2.73. The highest BCUT2D eigenvalue weighted by Gasteiger charge is 2.32. The molecule has 31 heavy (non-hydrogen) atoms. The smallest absolute Gasteiger partial charge is 0.408 e. The number of hydrogen-bond acceptors (Lipinski definition) is 7. The highest BCUT2D eigenvalue weighted by atomic mass is 16.6. The van der Waals surface area contributed by atoms with Crippen LogP contribution in [-0.2, 0) is 30.4 Å². The molecule has 1 aromatic rings. The van der Waals surface area contributed by atoms with Crippen LogP contribution in [0.15, 0.2) is 30.3 Å². The molecule has 1 aromatic carbocycles. The lowest BCUT2D eigenvalue weighted by atomic mass is 9.99. The van der Waals surface area contributed by atoms with E-state index in [0.29, 0.717) is 6.42 Å². The molecule has 0 aliphatic carbocycles. The maximum Gasteiger partial charge on any atom is 0.408 e. The molecule has 0 heterocycles. The summed E-state index contributed by atoms with van der Waals surface area (Å²) in [4.78, 5) is 37.0. The van der Waals surface area contributed by atoms with Crippen LogP contribution in [0.3, 0.4) is 0 Å². The largest absolute Gasteiger partial charge is 0.461 e. The van der Waals surface area contributed by atoms with Crippen molar-refractivity contribution in [3.63, 3.8) is 0 Å². The molecule has 0 saturated heterocycles. The number of alkyl carbamates (subject to hydrolysis) is 1. The maximum absolute atomic E-state index is 12.7. The average molecular weight is 433 g/mol. The number of carbonyl (C=O) groups excluding carboxylic acids is 3. The van der Waals surface area contributed by atoms with Gasteiger partial charge in [-0.05, 0) is 32.3 Å². The Kier molecular flexibility index (Phi) is 10.5.